The minimum absolute atomic E-state index is 0. The van der Waals surface area contributed by atoms with Crippen molar-refractivity contribution < 1.29 is 14.4 Å². The number of nitro benzene ring substituents is 1. The number of benzene rings is 2. The van der Waals surface area contributed by atoms with Gasteiger partial charge in [0.05, 0.1) is 25.7 Å². The third kappa shape index (κ3) is 8.05. The number of ether oxygens (including phenoxy) is 2. The molecule has 2 aromatic rings. The molecule has 0 aliphatic rings. The summed E-state index contributed by atoms with van der Waals surface area (Å²) >= 11 is 0. The molecule has 8 nitrogen and oxygen atoms in total. The number of nitrogens with one attached hydrogen (secondary N) is 2. The molecule has 9 heteroatoms. The molecular formula is C21H29IN4O4. The van der Waals surface area contributed by atoms with E-state index >= 15 is 0 Å². The fraction of sp³-hybridized carbons (Fsp3) is 0.381. The van der Waals surface area contributed by atoms with Crippen molar-refractivity contribution in [1.82, 2.24) is 10.6 Å². The molecule has 0 atom stereocenters. The van der Waals surface area contributed by atoms with E-state index in [2.05, 4.69) is 22.5 Å². The van der Waals surface area contributed by atoms with Gasteiger partial charge in [-0.25, -0.2) is 4.99 Å². The largest absolute Gasteiger partial charge is 0.493 e. The third-order valence-corrected chi connectivity index (χ3v) is 4.26. The van der Waals surface area contributed by atoms with Crippen LogP contribution in [0.5, 0.6) is 11.5 Å². The number of nitro groups is 1. The highest BCUT2D eigenvalue weighted by Crippen LogP contribution is 2.27. The number of rotatable bonds is 10. The first-order chi connectivity index (χ1) is 14.1. The van der Waals surface area contributed by atoms with E-state index in [1.807, 2.05) is 18.2 Å². The summed E-state index contributed by atoms with van der Waals surface area (Å²) in [5.41, 5.74) is 2.11. The van der Waals surface area contributed by atoms with Crippen LogP contribution in [0.4, 0.5) is 5.69 Å². The van der Waals surface area contributed by atoms with Gasteiger partial charge >= 0.3 is 0 Å². The van der Waals surface area contributed by atoms with Crippen molar-refractivity contribution in [3.8, 4) is 11.5 Å². The zero-order chi connectivity index (χ0) is 21.1. The van der Waals surface area contributed by atoms with Crippen molar-refractivity contribution in [2.24, 2.45) is 4.99 Å². The number of halogens is 1. The summed E-state index contributed by atoms with van der Waals surface area (Å²) in [6, 6.07) is 12.3. The lowest BCUT2D eigenvalue weighted by molar-refractivity contribution is -0.384. The van der Waals surface area contributed by atoms with Crippen LogP contribution in [0.1, 0.15) is 24.5 Å². The molecule has 2 rings (SSSR count). The number of aliphatic imine (C=N–C) groups is 1. The second-order valence-electron chi connectivity index (χ2n) is 6.38. The number of guanidine groups is 1. The molecule has 0 bridgehead atoms. The molecule has 0 heterocycles. The normalized spacial score (nSPS) is 10.7. The molecule has 0 unspecified atom stereocenters. The fourth-order valence-electron chi connectivity index (χ4n) is 2.67. The van der Waals surface area contributed by atoms with Crippen molar-refractivity contribution in [2.45, 2.75) is 26.3 Å². The van der Waals surface area contributed by atoms with E-state index in [1.54, 1.807) is 26.4 Å². The quantitative estimate of drug-likeness (QED) is 0.160. The predicted molar refractivity (Wildman–Crippen MR) is 129 cm³/mol. The Bertz CT molecular complexity index is 828. The molecule has 0 spiro atoms. The first-order valence-corrected chi connectivity index (χ1v) is 9.53. The smallest absolute Gasteiger partial charge is 0.269 e. The topological polar surface area (TPSA) is 98.0 Å². The van der Waals surface area contributed by atoms with Gasteiger partial charge in [0.2, 0.25) is 0 Å². The summed E-state index contributed by atoms with van der Waals surface area (Å²) in [4.78, 5) is 14.9. The maximum atomic E-state index is 10.8. The fourth-order valence-corrected chi connectivity index (χ4v) is 2.67. The maximum Gasteiger partial charge on any atom is 0.269 e. The van der Waals surface area contributed by atoms with Crippen LogP contribution >= 0.6 is 24.0 Å². The minimum Gasteiger partial charge on any atom is -0.493 e. The van der Waals surface area contributed by atoms with Crippen molar-refractivity contribution in [1.29, 1.82) is 0 Å². The molecule has 164 valence electrons. The van der Waals surface area contributed by atoms with Gasteiger partial charge in [-0.2, -0.15) is 0 Å². The van der Waals surface area contributed by atoms with Gasteiger partial charge in [-0.15, -0.1) is 24.0 Å². The number of nitrogens with zero attached hydrogens (tertiary/aromatic N) is 2. The van der Waals surface area contributed by atoms with Crippen LogP contribution in [0, 0.1) is 10.1 Å². The molecule has 2 N–H and O–H groups in total. The Morgan fingerprint density at radius 1 is 1.00 bits per heavy atom. The van der Waals surface area contributed by atoms with Crippen LogP contribution < -0.4 is 20.1 Å². The van der Waals surface area contributed by atoms with E-state index in [9.17, 15) is 10.1 Å². The average Bonchev–Trinajstić information content (AvgIpc) is 2.75. The Labute approximate surface area is 194 Å². The van der Waals surface area contributed by atoms with Gasteiger partial charge in [0.1, 0.15) is 0 Å². The summed E-state index contributed by atoms with van der Waals surface area (Å²) < 4.78 is 10.6. The number of hydrogen-bond donors (Lipinski definition) is 2. The van der Waals surface area contributed by atoms with Crippen LogP contribution in [-0.2, 0) is 13.0 Å². The molecule has 0 aliphatic heterocycles. The Balaban J connectivity index is 0.00000450. The highest BCUT2D eigenvalue weighted by molar-refractivity contribution is 14.0. The molecule has 0 fully saturated rings. The number of non-ortho nitro benzene ring substituents is 1. The second kappa shape index (κ2) is 13.6. The van der Waals surface area contributed by atoms with Gasteiger partial charge in [0.15, 0.2) is 17.5 Å². The van der Waals surface area contributed by atoms with Crippen molar-refractivity contribution in [2.75, 3.05) is 27.3 Å². The van der Waals surface area contributed by atoms with E-state index in [-0.39, 0.29) is 29.7 Å². The lowest BCUT2D eigenvalue weighted by Gasteiger charge is -2.13. The van der Waals surface area contributed by atoms with E-state index in [4.69, 9.17) is 9.47 Å². The van der Waals surface area contributed by atoms with Gasteiger partial charge in [-0.05, 0) is 36.1 Å². The molecule has 0 radical (unpaired) electrons. The van der Waals surface area contributed by atoms with E-state index < -0.39 is 4.92 Å². The molecular weight excluding hydrogens is 499 g/mol. The molecule has 0 amide bonds. The van der Waals surface area contributed by atoms with Crippen LogP contribution in [0.3, 0.4) is 0 Å². The van der Waals surface area contributed by atoms with Gasteiger partial charge in [-0.1, -0.05) is 25.1 Å². The first kappa shape index (κ1) is 25.5. The van der Waals surface area contributed by atoms with E-state index in [0.29, 0.717) is 30.5 Å². The van der Waals surface area contributed by atoms with E-state index in [1.165, 1.54) is 12.1 Å². The summed E-state index contributed by atoms with van der Waals surface area (Å²) in [6.45, 7) is 4.03. The number of hydrogen-bond acceptors (Lipinski definition) is 5. The van der Waals surface area contributed by atoms with Gasteiger partial charge in [-0.3, -0.25) is 10.1 Å². The lowest BCUT2D eigenvalue weighted by atomic mass is 10.1. The molecule has 0 saturated heterocycles. The monoisotopic (exact) mass is 528 g/mol. The minimum atomic E-state index is -0.406. The second-order valence-corrected chi connectivity index (χ2v) is 6.38. The number of methoxy groups -OCH3 is 2. The summed E-state index contributed by atoms with van der Waals surface area (Å²) in [5.74, 6) is 2.13. The van der Waals surface area contributed by atoms with Crippen LogP contribution in [0.25, 0.3) is 0 Å². The van der Waals surface area contributed by atoms with E-state index in [0.717, 1.165) is 30.5 Å². The summed E-state index contributed by atoms with van der Waals surface area (Å²) in [6.07, 6.45) is 1.78. The third-order valence-electron chi connectivity index (χ3n) is 4.26. The van der Waals surface area contributed by atoms with Crippen molar-refractivity contribution >= 4 is 35.6 Å². The highest BCUT2D eigenvalue weighted by Gasteiger charge is 2.06. The van der Waals surface area contributed by atoms with Crippen LogP contribution in [0.2, 0.25) is 0 Å². The zero-order valence-corrected chi connectivity index (χ0v) is 19.8. The predicted octanol–water partition coefficient (Wildman–Crippen LogP) is 3.92. The van der Waals surface area contributed by atoms with Gasteiger partial charge in [0, 0.05) is 25.2 Å². The lowest BCUT2D eigenvalue weighted by Crippen LogP contribution is -2.38. The maximum absolute atomic E-state index is 10.8. The molecule has 30 heavy (non-hydrogen) atoms. The molecule has 2 aromatic carbocycles. The Morgan fingerprint density at radius 2 is 1.63 bits per heavy atom. The Hall–Kier alpha value is -2.56. The SMILES string of the molecule is CCCNC(=NCc1ccc([N+](=O)[O-])cc1)NCCc1ccc(OC)c(OC)c1.I. The van der Waals surface area contributed by atoms with Crippen molar-refractivity contribution in [3.63, 3.8) is 0 Å². The molecule has 0 saturated carbocycles. The first-order valence-electron chi connectivity index (χ1n) is 9.53. The molecule has 0 aliphatic carbocycles. The summed E-state index contributed by atoms with van der Waals surface area (Å²) in [5, 5.41) is 17.4. The molecule has 0 aromatic heterocycles. The van der Waals surface area contributed by atoms with Crippen molar-refractivity contribution in [3.05, 3.63) is 63.7 Å². The van der Waals surface area contributed by atoms with Gasteiger partial charge < -0.3 is 20.1 Å². The van der Waals surface area contributed by atoms with Gasteiger partial charge in [0.25, 0.3) is 5.69 Å². The highest BCUT2D eigenvalue weighted by atomic mass is 127. The van der Waals surface area contributed by atoms with Crippen LogP contribution in [0.15, 0.2) is 47.5 Å². The summed E-state index contributed by atoms with van der Waals surface area (Å²) in [7, 11) is 3.24. The Morgan fingerprint density at radius 3 is 2.23 bits per heavy atom. The Kier molecular flexibility index (Phi) is 11.6. The zero-order valence-electron chi connectivity index (χ0n) is 17.5. The standard InChI is InChI=1S/C21H28N4O4.HI/c1-4-12-22-21(24-15-17-5-8-18(9-6-17)25(26)27)23-13-11-16-7-10-19(28-2)20(14-16)29-3;/h5-10,14H,4,11-13,15H2,1-3H3,(H2,22,23,24);1H. The average molecular weight is 528 g/mol. The van der Waals surface area contributed by atoms with Crippen LogP contribution in [-0.4, -0.2) is 38.2 Å².